The molecule has 0 aliphatic rings. The Bertz CT molecular complexity index is 450. The highest BCUT2D eigenvalue weighted by molar-refractivity contribution is 5.93. The Morgan fingerprint density at radius 3 is 2.38 bits per heavy atom. The molecule has 0 aliphatic carbocycles. The molecular formula is C16H27N3O2. The van der Waals surface area contributed by atoms with Crippen LogP contribution in [0.15, 0.2) is 24.3 Å². The van der Waals surface area contributed by atoms with Crippen molar-refractivity contribution in [2.45, 2.75) is 39.2 Å². The van der Waals surface area contributed by atoms with E-state index in [-0.39, 0.29) is 12.6 Å². The molecule has 5 nitrogen and oxygen atoms in total. The minimum absolute atomic E-state index is 0.0655. The summed E-state index contributed by atoms with van der Waals surface area (Å²) >= 11 is 0. The molecule has 0 saturated heterocycles. The number of anilines is 2. The molecule has 118 valence electrons. The molecule has 0 radical (unpaired) electrons. The average molecular weight is 293 g/mol. The van der Waals surface area contributed by atoms with Gasteiger partial charge in [0.05, 0.1) is 23.5 Å². The number of carbonyl (C=O) groups excluding carboxylic acids is 1. The van der Waals surface area contributed by atoms with Gasteiger partial charge in [-0.1, -0.05) is 26.0 Å². The highest BCUT2D eigenvalue weighted by atomic mass is 16.3. The van der Waals surface area contributed by atoms with Crippen molar-refractivity contribution in [2.24, 2.45) is 0 Å². The Morgan fingerprint density at radius 1 is 1.24 bits per heavy atom. The number of carbonyl (C=O) groups is 1. The normalized spacial score (nSPS) is 11.1. The number of rotatable bonds is 7. The van der Waals surface area contributed by atoms with Gasteiger partial charge in [0.2, 0.25) is 0 Å². The van der Waals surface area contributed by atoms with Gasteiger partial charge in [0.15, 0.2) is 0 Å². The maximum atomic E-state index is 12.2. The number of hydrogen-bond acceptors (Lipinski definition) is 3. The highest BCUT2D eigenvalue weighted by Crippen LogP contribution is 2.24. The zero-order valence-electron chi connectivity index (χ0n) is 13.4. The Hall–Kier alpha value is -1.75. The van der Waals surface area contributed by atoms with Crippen molar-refractivity contribution in [2.75, 3.05) is 30.4 Å². The van der Waals surface area contributed by atoms with Crippen LogP contribution < -0.4 is 15.5 Å². The van der Waals surface area contributed by atoms with E-state index in [1.165, 1.54) is 0 Å². The monoisotopic (exact) mass is 293 g/mol. The average Bonchev–Trinajstić information content (AvgIpc) is 2.52. The van der Waals surface area contributed by atoms with Crippen molar-refractivity contribution in [3.8, 4) is 0 Å². The van der Waals surface area contributed by atoms with Gasteiger partial charge in [0.1, 0.15) is 0 Å². The van der Waals surface area contributed by atoms with Crippen LogP contribution in [0.4, 0.5) is 16.2 Å². The Kier molecular flexibility index (Phi) is 6.49. The predicted molar refractivity (Wildman–Crippen MR) is 87.9 cm³/mol. The fourth-order valence-corrected chi connectivity index (χ4v) is 2.17. The molecule has 0 atom stereocenters. The lowest BCUT2D eigenvalue weighted by molar-refractivity contribution is 0.155. The number of amides is 2. The number of aliphatic hydroxyl groups is 1. The summed E-state index contributed by atoms with van der Waals surface area (Å²) in [5.41, 5.74) is 1.17. The van der Waals surface area contributed by atoms with Gasteiger partial charge in [-0.2, -0.15) is 0 Å². The molecule has 2 amide bonds. The second-order valence-electron chi connectivity index (χ2n) is 5.26. The van der Waals surface area contributed by atoms with Crippen LogP contribution in [0.1, 0.15) is 33.6 Å². The number of para-hydroxylation sites is 2. The quantitative estimate of drug-likeness (QED) is 0.724. The first-order valence-corrected chi connectivity index (χ1v) is 7.52. The van der Waals surface area contributed by atoms with E-state index in [0.29, 0.717) is 12.8 Å². The summed E-state index contributed by atoms with van der Waals surface area (Å²) in [5.74, 6) is 0. The van der Waals surface area contributed by atoms with E-state index < -0.39 is 5.54 Å². The molecule has 1 aromatic carbocycles. The topological polar surface area (TPSA) is 64.6 Å². The second-order valence-corrected chi connectivity index (χ2v) is 5.26. The number of nitrogens with zero attached hydrogens (tertiary/aromatic N) is 1. The van der Waals surface area contributed by atoms with Crippen molar-refractivity contribution in [1.82, 2.24) is 5.32 Å². The van der Waals surface area contributed by atoms with Gasteiger partial charge in [-0.3, -0.25) is 0 Å². The number of urea groups is 1. The third-order valence-electron chi connectivity index (χ3n) is 4.07. The lowest BCUT2D eigenvalue weighted by atomic mass is 9.94. The lowest BCUT2D eigenvalue weighted by Crippen LogP contribution is -2.52. The highest BCUT2D eigenvalue weighted by Gasteiger charge is 2.27. The third kappa shape index (κ3) is 4.36. The van der Waals surface area contributed by atoms with E-state index in [2.05, 4.69) is 22.5 Å². The van der Waals surface area contributed by atoms with Gasteiger partial charge in [-0.15, -0.1) is 0 Å². The van der Waals surface area contributed by atoms with Crippen LogP contribution in [0, 0.1) is 0 Å². The van der Waals surface area contributed by atoms with Crippen LogP contribution in [-0.2, 0) is 0 Å². The largest absolute Gasteiger partial charge is 0.394 e. The zero-order chi connectivity index (χ0) is 15.9. The molecule has 0 aliphatic heterocycles. The van der Waals surface area contributed by atoms with Gasteiger partial charge in [-0.25, -0.2) is 4.79 Å². The van der Waals surface area contributed by atoms with Crippen molar-refractivity contribution in [1.29, 1.82) is 0 Å². The molecule has 5 heteroatoms. The van der Waals surface area contributed by atoms with E-state index in [1.807, 2.05) is 45.2 Å². The SMILES string of the molecule is CCN(C)c1ccccc1NC(=O)NC(CC)(CC)CO. The van der Waals surface area contributed by atoms with Gasteiger partial charge in [0, 0.05) is 13.6 Å². The predicted octanol–water partition coefficient (Wildman–Crippen LogP) is 2.82. The number of nitrogens with one attached hydrogen (secondary N) is 2. The lowest BCUT2D eigenvalue weighted by Gasteiger charge is -2.31. The maximum absolute atomic E-state index is 12.2. The van der Waals surface area contributed by atoms with Crippen LogP contribution in [0.2, 0.25) is 0 Å². The summed E-state index contributed by atoms with van der Waals surface area (Å²) in [6, 6.07) is 7.39. The summed E-state index contributed by atoms with van der Waals surface area (Å²) in [5, 5.41) is 15.3. The van der Waals surface area contributed by atoms with E-state index in [1.54, 1.807) is 0 Å². The Balaban J connectivity index is 2.84. The minimum Gasteiger partial charge on any atom is -0.394 e. The van der Waals surface area contributed by atoms with E-state index in [9.17, 15) is 9.90 Å². The molecule has 0 bridgehead atoms. The summed E-state index contributed by atoms with van der Waals surface area (Å²) in [7, 11) is 1.98. The van der Waals surface area contributed by atoms with Gasteiger partial charge >= 0.3 is 6.03 Å². The minimum atomic E-state index is -0.560. The number of benzene rings is 1. The smallest absolute Gasteiger partial charge is 0.319 e. The summed E-state index contributed by atoms with van der Waals surface area (Å²) in [6.07, 6.45) is 1.37. The van der Waals surface area contributed by atoms with Gasteiger partial charge < -0.3 is 20.6 Å². The van der Waals surface area contributed by atoms with Crippen molar-refractivity contribution in [3.05, 3.63) is 24.3 Å². The molecule has 0 saturated carbocycles. The van der Waals surface area contributed by atoms with Crippen LogP contribution >= 0.6 is 0 Å². The van der Waals surface area contributed by atoms with Crippen molar-refractivity contribution >= 4 is 17.4 Å². The van der Waals surface area contributed by atoms with E-state index in [0.717, 1.165) is 17.9 Å². The summed E-state index contributed by atoms with van der Waals surface area (Å²) in [4.78, 5) is 14.3. The Labute approximate surface area is 127 Å². The molecular weight excluding hydrogens is 266 g/mol. The molecule has 0 fully saturated rings. The fourth-order valence-electron chi connectivity index (χ4n) is 2.17. The molecule has 0 unspecified atom stereocenters. The maximum Gasteiger partial charge on any atom is 0.319 e. The summed E-state index contributed by atoms with van der Waals surface area (Å²) in [6.45, 7) is 6.76. The first-order chi connectivity index (χ1) is 10.0. The number of aliphatic hydroxyl groups excluding tert-OH is 1. The molecule has 1 rings (SSSR count). The molecule has 1 aromatic rings. The third-order valence-corrected chi connectivity index (χ3v) is 4.07. The van der Waals surface area contributed by atoms with Crippen molar-refractivity contribution < 1.29 is 9.90 Å². The van der Waals surface area contributed by atoms with Crippen LogP contribution in [-0.4, -0.2) is 36.9 Å². The Morgan fingerprint density at radius 2 is 1.86 bits per heavy atom. The fraction of sp³-hybridized carbons (Fsp3) is 0.562. The summed E-state index contributed by atoms with van der Waals surface area (Å²) < 4.78 is 0. The van der Waals surface area contributed by atoms with Gasteiger partial charge in [0.25, 0.3) is 0 Å². The van der Waals surface area contributed by atoms with Gasteiger partial charge in [-0.05, 0) is 31.9 Å². The van der Waals surface area contributed by atoms with Crippen LogP contribution in [0.25, 0.3) is 0 Å². The second kappa shape index (κ2) is 7.88. The molecule has 0 aromatic heterocycles. The van der Waals surface area contributed by atoms with E-state index in [4.69, 9.17) is 0 Å². The number of hydrogen-bond donors (Lipinski definition) is 3. The zero-order valence-corrected chi connectivity index (χ0v) is 13.4. The van der Waals surface area contributed by atoms with E-state index >= 15 is 0 Å². The van der Waals surface area contributed by atoms with Crippen LogP contribution in [0.3, 0.4) is 0 Å². The molecule has 3 N–H and O–H groups in total. The first kappa shape index (κ1) is 17.3. The molecule has 0 heterocycles. The van der Waals surface area contributed by atoms with Crippen LogP contribution in [0.5, 0.6) is 0 Å². The first-order valence-electron chi connectivity index (χ1n) is 7.52. The van der Waals surface area contributed by atoms with Crippen molar-refractivity contribution in [3.63, 3.8) is 0 Å². The standard InChI is InChI=1S/C16H27N3O2/c1-5-16(6-2,12-20)18-15(21)17-13-10-8-9-11-14(13)19(4)7-3/h8-11,20H,5-7,12H2,1-4H3,(H2,17,18,21). The molecule has 21 heavy (non-hydrogen) atoms. The molecule has 0 spiro atoms.